The molecule has 120 valence electrons. The van der Waals surface area contributed by atoms with E-state index < -0.39 is 0 Å². The van der Waals surface area contributed by atoms with Crippen LogP contribution in [0, 0.1) is 11.3 Å². The fourth-order valence-electron chi connectivity index (χ4n) is 3.03. The minimum Gasteiger partial charge on any atom is -0.383 e. The van der Waals surface area contributed by atoms with Gasteiger partial charge in [0.15, 0.2) is 5.82 Å². The summed E-state index contributed by atoms with van der Waals surface area (Å²) in [7, 11) is 0. The van der Waals surface area contributed by atoms with Crippen LogP contribution in [0.4, 0.5) is 5.82 Å². The lowest BCUT2D eigenvalue weighted by Crippen LogP contribution is -2.07. The highest BCUT2D eigenvalue weighted by molar-refractivity contribution is 6.31. The minimum absolute atomic E-state index is 0.155. The molecule has 3 N–H and O–H groups in total. The third-order valence-electron chi connectivity index (χ3n) is 4.25. The van der Waals surface area contributed by atoms with Crippen molar-refractivity contribution in [1.29, 1.82) is 5.26 Å². The number of nitrogens with zero attached hydrogens (tertiary/aromatic N) is 3. The Hall–Kier alpha value is -2.62. The highest BCUT2D eigenvalue weighted by Crippen LogP contribution is 2.33. The Labute approximate surface area is 143 Å². The number of pyridine rings is 1. The number of H-pyrrole nitrogens is 1. The number of hydrogen-bond donors (Lipinski definition) is 2. The Bertz CT molecular complexity index is 969. The van der Waals surface area contributed by atoms with E-state index in [1.54, 1.807) is 6.07 Å². The van der Waals surface area contributed by atoms with Gasteiger partial charge in [0.2, 0.25) is 0 Å². The van der Waals surface area contributed by atoms with Gasteiger partial charge in [0.1, 0.15) is 17.6 Å². The summed E-state index contributed by atoms with van der Waals surface area (Å²) in [4.78, 5) is 12.1. The van der Waals surface area contributed by atoms with E-state index in [1.807, 2.05) is 18.2 Å². The number of rotatable bonds is 2. The predicted molar refractivity (Wildman–Crippen MR) is 91.6 cm³/mol. The van der Waals surface area contributed by atoms with E-state index in [4.69, 9.17) is 22.1 Å². The minimum atomic E-state index is 0.155. The first kappa shape index (κ1) is 14.9. The lowest BCUT2D eigenvalue weighted by Gasteiger charge is -2.13. The molecule has 2 aromatic heterocycles. The molecule has 1 aliphatic heterocycles. The predicted octanol–water partition coefficient (Wildman–Crippen LogP) is 3.24. The molecule has 1 unspecified atom stereocenters. The maximum Gasteiger partial charge on any atom is 0.157 e. The van der Waals surface area contributed by atoms with E-state index in [-0.39, 0.29) is 11.7 Å². The number of imidazole rings is 1. The molecule has 1 atom stereocenters. The average molecular weight is 340 g/mol. The van der Waals surface area contributed by atoms with Gasteiger partial charge in [0, 0.05) is 17.5 Å². The molecular formula is C17H14ClN5O. The number of aromatic nitrogens is 3. The number of fused-ring (bicyclic) bond motifs is 1. The van der Waals surface area contributed by atoms with Crippen molar-refractivity contribution in [3.63, 3.8) is 0 Å². The summed E-state index contributed by atoms with van der Waals surface area (Å²) in [6.07, 6.45) is 0.868. The summed E-state index contributed by atoms with van der Waals surface area (Å²) >= 11 is 6.02. The van der Waals surface area contributed by atoms with Crippen molar-refractivity contribution in [2.45, 2.75) is 12.3 Å². The largest absolute Gasteiger partial charge is 0.383 e. The summed E-state index contributed by atoms with van der Waals surface area (Å²) in [5.74, 6) is 0.974. The topological polar surface area (TPSA) is 101 Å². The zero-order valence-corrected chi connectivity index (χ0v) is 13.5. The Morgan fingerprint density at radius 2 is 2.21 bits per heavy atom. The van der Waals surface area contributed by atoms with Gasteiger partial charge in [-0.1, -0.05) is 11.6 Å². The first-order valence-electron chi connectivity index (χ1n) is 7.59. The number of halogens is 1. The molecule has 0 amide bonds. The summed E-state index contributed by atoms with van der Waals surface area (Å²) in [5, 5.41) is 10.1. The van der Waals surface area contributed by atoms with E-state index in [0.717, 1.165) is 23.0 Å². The van der Waals surface area contributed by atoms with Gasteiger partial charge >= 0.3 is 0 Å². The summed E-state index contributed by atoms with van der Waals surface area (Å²) in [6.45, 7) is 1.28. The molecule has 3 heterocycles. The first-order valence-corrected chi connectivity index (χ1v) is 7.97. The Balaban J connectivity index is 1.86. The standard InChI is InChI=1S/C17H14ClN5O/c18-10-1-2-13-14(5-10)23-17(22-13)15-6-11(9-3-4-24-8-9)12(7-19)16(20)21-15/h1-2,5-6,9H,3-4,8H2,(H2,20,21)(H,22,23). The van der Waals surface area contributed by atoms with Gasteiger partial charge in [-0.25, -0.2) is 9.97 Å². The van der Waals surface area contributed by atoms with E-state index in [9.17, 15) is 5.26 Å². The number of ether oxygens (including phenoxy) is 1. The molecule has 6 nitrogen and oxygen atoms in total. The number of nitrogens with two attached hydrogens (primary N) is 1. The Morgan fingerprint density at radius 1 is 1.33 bits per heavy atom. The Morgan fingerprint density at radius 3 is 2.96 bits per heavy atom. The highest BCUT2D eigenvalue weighted by atomic mass is 35.5. The second-order valence-electron chi connectivity index (χ2n) is 5.78. The zero-order valence-electron chi connectivity index (χ0n) is 12.7. The molecule has 3 aromatic rings. The summed E-state index contributed by atoms with van der Waals surface area (Å²) < 4.78 is 5.45. The lowest BCUT2D eigenvalue weighted by molar-refractivity contribution is 0.194. The molecular weight excluding hydrogens is 326 g/mol. The van der Waals surface area contributed by atoms with Gasteiger partial charge in [-0.3, -0.25) is 0 Å². The molecule has 1 saturated heterocycles. The number of nitrogen functional groups attached to an aromatic ring is 1. The molecule has 0 bridgehead atoms. The number of benzene rings is 1. The van der Waals surface area contributed by atoms with Gasteiger partial charge in [-0.15, -0.1) is 0 Å². The number of aromatic amines is 1. The number of anilines is 1. The van der Waals surface area contributed by atoms with Crippen molar-refractivity contribution in [3.8, 4) is 17.6 Å². The van der Waals surface area contributed by atoms with Crippen LogP contribution in [0.15, 0.2) is 24.3 Å². The third kappa shape index (κ3) is 2.48. The van der Waals surface area contributed by atoms with Gasteiger partial charge in [-0.2, -0.15) is 5.26 Å². The van der Waals surface area contributed by atoms with Crippen LogP contribution in [-0.2, 0) is 4.74 Å². The Kier molecular flexibility index (Phi) is 3.60. The van der Waals surface area contributed by atoms with Crippen molar-refractivity contribution in [1.82, 2.24) is 15.0 Å². The van der Waals surface area contributed by atoms with Gasteiger partial charge in [-0.05, 0) is 36.2 Å². The molecule has 0 aliphatic carbocycles. The zero-order chi connectivity index (χ0) is 16.7. The molecule has 0 saturated carbocycles. The quantitative estimate of drug-likeness (QED) is 0.746. The number of nitrogens with one attached hydrogen (secondary N) is 1. The SMILES string of the molecule is N#Cc1c(C2CCOC2)cc(-c2nc3ccc(Cl)cc3[nH]2)nc1N. The van der Waals surface area contributed by atoms with Gasteiger partial charge < -0.3 is 15.5 Å². The molecule has 4 rings (SSSR count). The van der Waals surface area contributed by atoms with E-state index in [2.05, 4.69) is 21.0 Å². The van der Waals surface area contributed by atoms with E-state index >= 15 is 0 Å². The van der Waals surface area contributed by atoms with Crippen LogP contribution in [0.1, 0.15) is 23.5 Å². The maximum atomic E-state index is 9.42. The van der Waals surface area contributed by atoms with Gasteiger partial charge in [0.05, 0.1) is 23.2 Å². The van der Waals surface area contributed by atoms with E-state index in [1.165, 1.54) is 0 Å². The molecule has 0 radical (unpaired) electrons. The van der Waals surface area contributed by atoms with Crippen LogP contribution in [0.2, 0.25) is 5.02 Å². The van der Waals surface area contributed by atoms with Crippen molar-refractivity contribution in [2.75, 3.05) is 18.9 Å². The molecule has 24 heavy (non-hydrogen) atoms. The second kappa shape index (κ2) is 5.78. The van der Waals surface area contributed by atoms with Crippen molar-refractivity contribution in [3.05, 3.63) is 40.4 Å². The molecule has 0 spiro atoms. The summed E-state index contributed by atoms with van der Waals surface area (Å²) in [5.41, 5.74) is 9.55. The third-order valence-corrected chi connectivity index (χ3v) is 4.48. The monoisotopic (exact) mass is 339 g/mol. The van der Waals surface area contributed by atoms with Crippen LogP contribution in [0.3, 0.4) is 0 Å². The molecule has 1 aliphatic rings. The molecule has 1 aromatic carbocycles. The van der Waals surface area contributed by atoms with Crippen LogP contribution in [0.5, 0.6) is 0 Å². The maximum absolute atomic E-state index is 9.42. The summed E-state index contributed by atoms with van der Waals surface area (Å²) in [6, 6.07) is 9.49. The van der Waals surface area contributed by atoms with Crippen LogP contribution >= 0.6 is 11.6 Å². The van der Waals surface area contributed by atoms with Gasteiger partial charge in [0.25, 0.3) is 0 Å². The number of hydrogen-bond acceptors (Lipinski definition) is 5. The average Bonchev–Trinajstić information content (AvgIpc) is 3.23. The first-order chi connectivity index (χ1) is 11.7. The van der Waals surface area contributed by atoms with Crippen LogP contribution in [0.25, 0.3) is 22.6 Å². The second-order valence-corrected chi connectivity index (χ2v) is 6.21. The van der Waals surface area contributed by atoms with Crippen LogP contribution < -0.4 is 5.73 Å². The smallest absolute Gasteiger partial charge is 0.157 e. The van der Waals surface area contributed by atoms with Crippen molar-refractivity contribution in [2.24, 2.45) is 0 Å². The fraction of sp³-hybridized carbons (Fsp3) is 0.235. The van der Waals surface area contributed by atoms with Crippen LogP contribution in [-0.4, -0.2) is 28.2 Å². The fourth-order valence-corrected chi connectivity index (χ4v) is 3.21. The van der Waals surface area contributed by atoms with Crippen molar-refractivity contribution < 1.29 is 4.74 Å². The highest BCUT2D eigenvalue weighted by Gasteiger charge is 2.24. The lowest BCUT2D eigenvalue weighted by atomic mass is 9.94. The number of nitriles is 1. The molecule has 7 heteroatoms. The molecule has 1 fully saturated rings. The van der Waals surface area contributed by atoms with E-state index in [0.29, 0.717) is 35.3 Å². The normalized spacial score (nSPS) is 17.2. The van der Waals surface area contributed by atoms with Crippen molar-refractivity contribution >= 4 is 28.5 Å².